The minimum atomic E-state index is 0.198. The number of rotatable bonds is 3. The van der Waals surface area contributed by atoms with E-state index in [-0.39, 0.29) is 6.04 Å². The van der Waals surface area contributed by atoms with Crippen molar-refractivity contribution in [2.75, 3.05) is 6.54 Å². The number of halogens is 1. The topological polar surface area (TPSA) is 51.0 Å². The lowest BCUT2D eigenvalue weighted by molar-refractivity contribution is 0.239. The van der Waals surface area contributed by atoms with E-state index in [0.29, 0.717) is 12.3 Å². The molecule has 0 spiro atoms. The summed E-state index contributed by atoms with van der Waals surface area (Å²) in [4.78, 5) is 4.56. The minimum absolute atomic E-state index is 0.198. The van der Waals surface area contributed by atoms with Crippen LogP contribution in [0.3, 0.4) is 0 Å². The van der Waals surface area contributed by atoms with Crippen LogP contribution in [0, 0.1) is 5.92 Å². The molecule has 0 radical (unpaired) electrons. The fourth-order valence-electron chi connectivity index (χ4n) is 2.66. The van der Waals surface area contributed by atoms with Crippen LogP contribution in [0.2, 0.25) is 0 Å². The SMILES string of the molecule is CC1CCCNC1c1nc(Cc2ccccc2Br)no1. The van der Waals surface area contributed by atoms with Crippen molar-refractivity contribution in [2.45, 2.75) is 32.2 Å². The van der Waals surface area contributed by atoms with E-state index in [1.807, 2.05) is 18.2 Å². The largest absolute Gasteiger partial charge is 0.338 e. The van der Waals surface area contributed by atoms with E-state index in [4.69, 9.17) is 4.52 Å². The third-order valence-electron chi connectivity index (χ3n) is 3.83. The van der Waals surface area contributed by atoms with E-state index in [9.17, 15) is 0 Å². The first kappa shape index (κ1) is 13.8. The molecule has 3 rings (SSSR count). The van der Waals surface area contributed by atoms with Gasteiger partial charge in [-0.2, -0.15) is 4.98 Å². The van der Waals surface area contributed by atoms with Crippen LogP contribution in [-0.4, -0.2) is 16.7 Å². The molecule has 5 heteroatoms. The smallest absolute Gasteiger partial charge is 0.244 e. The van der Waals surface area contributed by atoms with Gasteiger partial charge in [-0.3, -0.25) is 0 Å². The van der Waals surface area contributed by atoms with Gasteiger partial charge in [0.25, 0.3) is 0 Å². The van der Waals surface area contributed by atoms with Crippen LogP contribution in [0.4, 0.5) is 0 Å². The lowest BCUT2D eigenvalue weighted by atomic mass is 9.93. The summed E-state index contributed by atoms with van der Waals surface area (Å²) in [5.74, 6) is 2.01. The molecule has 4 nitrogen and oxygen atoms in total. The average Bonchev–Trinajstić information content (AvgIpc) is 2.90. The van der Waals surface area contributed by atoms with Gasteiger partial charge in [0.1, 0.15) is 0 Å². The molecular weight excluding hydrogens is 318 g/mol. The highest BCUT2D eigenvalue weighted by molar-refractivity contribution is 9.10. The summed E-state index contributed by atoms with van der Waals surface area (Å²) in [7, 11) is 0. The van der Waals surface area contributed by atoms with Gasteiger partial charge >= 0.3 is 0 Å². The van der Waals surface area contributed by atoms with Gasteiger partial charge in [-0.1, -0.05) is 46.2 Å². The van der Waals surface area contributed by atoms with Crippen LogP contribution < -0.4 is 5.32 Å². The first-order valence-corrected chi connectivity index (χ1v) is 7.82. The van der Waals surface area contributed by atoms with Crippen LogP contribution in [0.25, 0.3) is 0 Å². The third-order valence-corrected chi connectivity index (χ3v) is 4.60. The monoisotopic (exact) mass is 335 g/mol. The van der Waals surface area contributed by atoms with E-state index in [2.05, 4.69) is 44.4 Å². The van der Waals surface area contributed by atoms with Crippen molar-refractivity contribution in [1.82, 2.24) is 15.5 Å². The van der Waals surface area contributed by atoms with Crippen molar-refractivity contribution in [3.63, 3.8) is 0 Å². The molecule has 20 heavy (non-hydrogen) atoms. The first-order chi connectivity index (χ1) is 9.74. The number of aromatic nitrogens is 2. The highest BCUT2D eigenvalue weighted by Gasteiger charge is 2.27. The maximum Gasteiger partial charge on any atom is 0.244 e. The summed E-state index contributed by atoms with van der Waals surface area (Å²) in [6.07, 6.45) is 3.11. The summed E-state index contributed by atoms with van der Waals surface area (Å²) in [6.45, 7) is 3.26. The van der Waals surface area contributed by atoms with E-state index in [0.717, 1.165) is 22.7 Å². The molecule has 106 valence electrons. The number of piperidine rings is 1. The Morgan fingerprint density at radius 3 is 3.05 bits per heavy atom. The molecule has 1 aliphatic rings. The van der Waals surface area contributed by atoms with E-state index in [1.54, 1.807) is 0 Å². The lowest BCUT2D eigenvalue weighted by Crippen LogP contribution is -2.33. The quantitative estimate of drug-likeness (QED) is 0.932. The van der Waals surface area contributed by atoms with Crippen LogP contribution in [0.1, 0.15) is 43.1 Å². The van der Waals surface area contributed by atoms with Gasteiger partial charge in [0.15, 0.2) is 5.82 Å². The van der Waals surface area contributed by atoms with Gasteiger partial charge < -0.3 is 9.84 Å². The molecule has 2 atom stereocenters. The number of nitrogens with zero attached hydrogens (tertiary/aromatic N) is 2. The highest BCUT2D eigenvalue weighted by Crippen LogP contribution is 2.28. The molecule has 1 saturated heterocycles. The summed E-state index contributed by atoms with van der Waals surface area (Å²) < 4.78 is 6.53. The van der Waals surface area contributed by atoms with Crippen molar-refractivity contribution in [1.29, 1.82) is 0 Å². The van der Waals surface area contributed by atoms with E-state index < -0.39 is 0 Å². The molecule has 1 N–H and O–H groups in total. The summed E-state index contributed by atoms with van der Waals surface area (Å²) in [5, 5.41) is 7.58. The Balaban J connectivity index is 1.75. The van der Waals surface area contributed by atoms with Crippen LogP contribution >= 0.6 is 15.9 Å². The van der Waals surface area contributed by atoms with Crippen molar-refractivity contribution >= 4 is 15.9 Å². The predicted octanol–water partition coefficient (Wildman–Crippen LogP) is 3.48. The number of hydrogen-bond acceptors (Lipinski definition) is 4. The summed E-state index contributed by atoms with van der Waals surface area (Å²) in [6, 6.07) is 8.32. The fourth-order valence-corrected chi connectivity index (χ4v) is 3.08. The van der Waals surface area contributed by atoms with Crippen molar-refractivity contribution < 1.29 is 4.52 Å². The molecule has 1 aliphatic heterocycles. The molecule has 2 heterocycles. The van der Waals surface area contributed by atoms with Crippen molar-refractivity contribution in [3.05, 3.63) is 46.0 Å². The molecule has 0 aliphatic carbocycles. The number of hydrogen-bond donors (Lipinski definition) is 1. The summed E-state index contributed by atoms with van der Waals surface area (Å²) >= 11 is 3.55. The van der Waals surface area contributed by atoms with Crippen molar-refractivity contribution in [2.24, 2.45) is 5.92 Å². The molecule has 2 aromatic rings. The second-order valence-corrected chi connectivity index (χ2v) is 6.22. The van der Waals surface area contributed by atoms with Gasteiger partial charge in [0.05, 0.1) is 6.04 Å². The predicted molar refractivity (Wildman–Crippen MR) is 80.4 cm³/mol. The zero-order chi connectivity index (χ0) is 13.9. The zero-order valence-corrected chi connectivity index (χ0v) is 13.1. The van der Waals surface area contributed by atoms with Gasteiger partial charge in [0, 0.05) is 10.9 Å². The van der Waals surface area contributed by atoms with Crippen LogP contribution in [0.5, 0.6) is 0 Å². The maximum atomic E-state index is 5.45. The highest BCUT2D eigenvalue weighted by atomic mass is 79.9. The normalized spacial score (nSPS) is 22.9. The second-order valence-electron chi connectivity index (χ2n) is 5.37. The number of benzene rings is 1. The Hall–Kier alpha value is -1.20. The Kier molecular flexibility index (Phi) is 4.17. The molecule has 0 amide bonds. The Labute approximate surface area is 127 Å². The van der Waals surface area contributed by atoms with Crippen LogP contribution in [0.15, 0.2) is 33.3 Å². The fraction of sp³-hybridized carbons (Fsp3) is 0.467. The molecule has 0 saturated carbocycles. The molecule has 1 aromatic heterocycles. The molecule has 1 aromatic carbocycles. The first-order valence-electron chi connectivity index (χ1n) is 7.03. The molecular formula is C15H18BrN3O. The van der Waals surface area contributed by atoms with E-state index >= 15 is 0 Å². The Morgan fingerprint density at radius 2 is 2.25 bits per heavy atom. The van der Waals surface area contributed by atoms with E-state index in [1.165, 1.54) is 18.4 Å². The minimum Gasteiger partial charge on any atom is -0.338 e. The molecule has 2 unspecified atom stereocenters. The maximum absolute atomic E-state index is 5.45. The second kappa shape index (κ2) is 6.06. The summed E-state index contributed by atoms with van der Waals surface area (Å²) in [5.41, 5.74) is 1.17. The lowest BCUT2D eigenvalue weighted by Gasteiger charge is -2.26. The van der Waals surface area contributed by atoms with Gasteiger partial charge in [-0.15, -0.1) is 0 Å². The third kappa shape index (κ3) is 2.94. The average molecular weight is 336 g/mol. The van der Waals surface area contributed by atoms with Crippen molar-refractivity contribution in [3.8, 4) is 0 Å². The number of nitrogens with one attached hydrogen (secondary N) is 1. The molecule has 0 bridgehead atoms. The Bertz CT molecular complexity index is 584. The van der Waals surface area contributed by atoms with Gasteiger partial charge in [-0.05, 0) is 36.9 Å². The standard InChI is InChI=1S/C15H18BrN3O/c1-10-5-4-8-17-14(10)15-18-13(19-20-15)9-11-6-2-3-7-12(11)16/h2-3,6-7,10,14,17H,4-5,8-9H2,1H3. The Morgan fingerprint density at radius 1 is 1.40 bits per heavy atom. The van der Waals surface area contributed by atoms with Gasteiger partial charge in [-0.25, -0.2) is 0 Å². The molecule has 1 fully saturated rings. The van der Waals surface area contributed by atoms with Crippen LogP contribution in [-0.2, 0) is 6.42 Å². The van der Waals surface area contributed by atoms with Gasteiger partial charge in [0.2, 0.25) is 5.89 Å². The zero-order valence-electron chi connectivity index (χ0n) is 11.5.